The van der Waals surface area contributed by atoms with Crippen molar-refractivity contribution in [2.75, 3.05) is 13.1 Å². The molecule has 0 saturated heterocycles. The van der Waals surface area contributed by atoms with Crippen molar-refractivity contribution in [3.05, 3.63) is 11.4 Å². The maximum Gasteiger partial charge on any atom is 0.121 e. The summed E-state index contributed by atoms with van der Waals surface area (Å²) in [7, 11) is 0. The molecule has 0 amide bonds. The van der Waals surface area contributed by atoms with E-state index in [4.69, 9.17) is 0 Å². The summed E-state index contributed by atoms with van der Waals surface area (Å²) >= 11 is 0. The summed E-state index contributed by atoms with van der Waals surface area (Å²) in [6, 6.07) is 0. The van der Waals surface area contributed by atoms with E-state index in [0.29, 0.717) is 0 Å². The molecule has 0 aliphatic carbocycles. The highest BCUT2D eigenvalue weighted by Gasteiger charge is 2.13. The average molecular weight is 124 g/mol. The van der Waals surface area contributed by atoms with E-state index in [0.717, 1.165) is 18.9 Å². The van der Waals surface area contributed by atoms with Crippen molar-refractivity contribution in [1.82, 2.24) is 16.2 Å². The molecule has 9 heavy (non-hydrogen) atoms. The van der Waals surface area contributed by atoms with Gasteiger partial charge in [-0.2, -0.15) is 0 Å². The van der Waals surface area contributed by atoms with Gasteiger partial charge in [-0.1, -0.05) is 0 Å². The molecule has 0 bridgehead atoms. The average Bonchev–Trinajstić information content (AvgIpc) is 2.33. The summed E-state index contributed by atoms with van der Waals surface area (Å²) in [5, 5.41) is 3.00. The first-order valence-corrected chi connectivity index (χ1v) is 2.92. The van der Waals surface area contributed by atoms with Crippen LogP contribution >= 0.6 is 0 Å². The molecule has 0 radical (unpaired) electrons. The molecule has 0 aromatic rings. The Balaban J connectivity index is 2.21. The number of rotatable bonds is 0. The lowest BCUT2D eigenvalue weighted by Gasteiger charge is -2.07. The fraction of sp³-hybridized carbons (Fsp3) is 0.400. The second-order valence-corrected chi connectivity index (χ2v) is 2.07. The van der Waals surface area contributed by atoms with Crippen LogP contribution in [0.25, 0.3) is 0 Å². The summed E-state index contributed by atoms with van der Waals surface area (Å²) < 4.78 is 0. The van der Waals surface area contributed by atoms with Crippen molar-refractivity contribution in [3.63, 3.8) is 0 Å². The van der Waals surface area contributed by atoms with E-state index in [2.05, 4.69) is 21.2 Å². The maximum atomic E-state index is 4.05. The van der Waals surface area contributed by atoms with E-state index >= 15 is 0 Å². The van der Waals surface area contributed by atoms with Gasteiger partial charge in [-0.15, -0.1) is 0 Å². The van der Waals surface area contributed by atoms with Gasteiger partial charge in [0.15, 0.2) is 0 Å². The number of aliphatic imine (C=N–C) groups is 1. The third kappa shape index (κ3) is 0.675. The lowest BCUT2D eigenvalue weighted by Crippen LogP contribution is -2.30. The van der Waals surface area contributed by atoms with Crippen molar-refractivity contribution in [2.45, 2.75) is 0 Å². The third-order valence-electron chi connectivity index (χ3n) is 1.45. The minimum atomic E-state index is 0.822. The van der Waals surface area contributed by atoms with Crippen LogP contribution in [0.2, 0.25) is 0 Å². The number of nitrogens with one attached hydrogen (secondary N) is 3. The van der Waals surface area contributed by atoms with Crippen LogP contribution in [0, 0.1) is 0 Å². The lowest BCUT2D eigenvalue weighted by atomic mass is 10.3. The van der Waals surface area contributed by atoms with Gasteiger partial charge in [-0.05, 0) is 0 Å². The molecule has 0 saturated carbocycles. The number of hydrogen-bond donors (Lipinski definition) is 3. The number of hydrogen-bond acceptors (Lipinski definition) is 4. The summed E-state index contributed by atoms with van der Waals surface area (Å²) in [6.07, 6.45) is 1.71. The molecule has 48 valence electrons. The van der Waals surface area contributed by atoms with Crippen LogP contribution in [-0.4, -0.2) is 19.4 Å². The zero-order chi connectivity index (χ0) is 6.10. The topological polar surface area (TPSA) is 48.5 Å². The van der Waals surface area contributed by atoms with Crippen molar-refractivity contribution in [1.29, 1.82) is 0 Å². The van der Waals surface area contributed by atoms with Crippen LogP contribution in [0.15, 0.2) is 16.4 Å². The Labute approximate surface area is 53.0 Å². The predicted octanol–water partition coefficient (Wildman–Crippen LogP) is -1.06. The molecule has 3 N–H and O–H groups in total. The standard InChI is InChI=1S/C5H8N4/c1-4-2-8-9-5(4)7-3-6-1/h3,8-9H,1-2H2,(H,6,7). The Morgan fingerprint density at radius 3 is 3.44 bits per heavy atom. The van der Waals surface area contributed by atoms with E-state index in [1.165, 1.54) is 5.57 Å². The highest BCUT2D eigenvalue weighted by molar-refractivity contribution is 5.60. The molecule has 0 unspecified atom stereocenters. The van der Waals surface area contributed by atoms with Gasteiger partial charge in [-0.3, -0.25) is 4.99 Å². The van der Waals surface area contributed by atoms with E-state index in [1.54, 1.807) is 6.34 Å². The van der Waals surface area contributed by atoms with Crippen LogP contribution in [0.1, 0.15) is 0 Å². The second kappa shape index (κ2) is 1.73. The smallest absolute Gasteiger partial charge is 0.121 e. The monoisotopic (exact) mass is 124 g/mol. The van der Waals surface area contributed by atoms with E-state index in [1.807, 2.05) is 0 Å². The summed E-state index contributed by atoms with van der Waals surface area (Å²) in [5.74, 6) is 1.07. The number of nitrogens with zero attached hydrogens (tertiary/aromatic N) is 1. The van der Waals surface area contributed by atoms with Gasteiger partial charge in [0, 0.05) is 12.1 Å². The van der Waals surface area contributed by atoms with Gasteiger partial charge in [0.2, 0.25) is 0 Å². The molecule has 0 atom stereocenters. The summed E-state index contributed by atoms with van der Waals surface area (Å²) in [6.45, 7) is 1.72. The zero-order valence-electron chi connectivity index (χ0n) is 4.94. The Hall–Kier alpha value is -1.03. The summed E-state index contributed by atoms with van der Waals surface area (Å²) in [4.78, 5) is 4.05. The van der Waals surface area contributed by atoms with Gasteiger partial charge in [0.25, 0.3) is 0 Å². The van der Waals surface area contributed by atoms with Crippen LogP contribution in [0.3, 0.4) is 0 Å². The predicted molar refractivity (Wildman–Crippen MR) is 34.7 cm³/mol. The van der Waals surface area contributed by atoms with Gasteiger partial charge in [0.05, 0.1) is 12.9 Å². The minimum absolute atomic E-state index is 0.822. The fourth-order valence-electron chi connectivity index (χ4n) is 0.955. The maximum absolute atomic E-state index is 4.05. The van der Waals surface area contributed by atoms with Crippen LogP contribution in [-0.2, 0) is 0 Å². The SMILES string of the molecule is C1=NCC2=C(N1)NNC2. The highest BCUT2D eigenvalue weighted by atomic mass is 15.4. The Bertz CT molecular complexity index is 163. The van der Waals surface area contributed by atoms with E-state index in [-0.39, 0.29) is 0 Å². The molecule has 0 fully saturated rings. The van der Waals surface area contributed by atoms with Crippen molar-refractivity contribution >= 4 is 6.34 Å². The quantitative estimate of drug-likeness (QED) is 0.385. The molecular weight excluding hydrogens is 116 g/mol. The Morgan fingerprint density at radius 2 is 2.56 bits per heavy atom. The molecule has 2 heterocycles. The molecular formula is C5H8N4. The molecule has 2 rings (SSSR count). The number of hydrazine groups is 1. The van der Waals surface area contributed by atoms with Crippen LogP contribution < -0.4 is 16.2 Å². The Kier molecular flexibility index (Phi) is 0.927. The van der Waals surface area contributed by atoms with Crippen molar-refractivity contribution in [2.24, 2.45) is 4.99 Å². The molecule has 0 aromatic carbocycles. The molecule has 4 heteroatoms. The second-order valence-electron chi connectivity index (χ2n) is 2.07. The largest absolute Gasteiger partial charge is 0.332 e. The molecule has 0 spiro atoms. The van der Waals surface area contributed by atoms with Gasteiger partial charge in [0.1, 0.15) is 5.82 Å². The fourth-order valence-corrected chi connectivity index (χ4v) is 0.955. The first-order valence-electron chi connectivity index (χ1n) is 2.92. The first-order chi connectivity index (χ1) is 4.47. The van der Waals surface area contributed by atoms with Gasteiger partial charge < -0.3 is 10.7 Å². The normalized spacial score (nSPS) is 23.1. The third-order valence-corrected chi connectivity index (χ3v) is 1.45. The molecule has 2 aliphatic rings. The van der Waals surface area contributed by atoms with E-state index in [9.17, 15) is 0 Å². The van der Waals surface area contributed by atoms with Gasteiger partial charge >= 0.3 is 0 Å². The van der Waals surface area contributed by atoms with Crippen LogP contribution in [0.4, 0.5) is 0 Å². The van der Waals surface area contributed by atoms with Crippen molar-refractivity contribution < 1.29 is 0 Å². The Morgan fingerprint density at radius 1 is 1.56 bits per heavy atom. The zero-order valence-corrected chi connectivity index (χ0v) is 4.94. The minimum Gasteiger partial charge on any atom is -0.332 e. The first kappa shape index (κ1) is 4.81. The lowest BCUT2D eigenvalue weighted by molar-refractivity contribution is 0.681. The molecule has 2 aliphatic heterocycles. The van der Waals surface area contributed by atoms with Crippen molar-refractivity contribution in [3.8, 4) is 0 Å². The molecule has 0 aromatic heterocycles. The highest BCUT2D eigenvalue weighted by Crippen LogP contribution is 2.04. The van der Waals surface area contributed by atoms with Gasteiger partial charge in [-0.25, -0.2) is 5.43 Å². The summed E-state index contributed by atoms with van der Waals surface area (Å²) in [5.41, 5.74) is 7.29. The van der Waals surface area contributed by atoms with Crippen LogP contribution in [0.5, 0.6) is 0 Å². The van der Waals surface area contributed by atoms with E-state index < -0.39 is 0 Å². The molecule has 4 nitrogen and oxygen atoms in total.